The quantitative estimate of drug-likeness (QED) is 0.553. The fraction of sp³-hybridized carbons (Fsp3) is 1.00. The van der Waals surface area contributed by atoms with Crippen LogP contribution >= 0.6 is 11.8 Å². The van der Waals surface area contributed by atoms with Gasteiger partial charge >= 0.3 is 0 Å². The van der Waals surface area contributed by atoms with Crippen LogP contribution in [0.25, 0.3) is 0 Å². The molecule has 0 heterocycles. The van der Waals surface area contributed by atoms with Gasteiger partial charge in [0.1, 0.15) is 0 Å². The van der Waals surface area contributed by atoms with Gasteiger partial charge in [0, 0.05) is 38.7 Å². The molecule has 0 aromatic rings. The molecule has 0 aliphatic heterocycles. The number of methoxy groups -OCH3 is 1. The van der Waals surface area contributed by atoms with Crippen LogP contribution < -0.4 is 5.32 Å². The molecule has 0 aromatic carbocycles. The number of thioether (sulfide) groups is 1. The molecule has 92 valence electrons. The zero-order valence-electron chi connectivity index (χ0n) is 10.3. The van der Waals surface area contributed by atoms with Crippen LogP contribution in [-0.2, 0) is 9.47 Å². The van der Waals surface area contributed by atoms with Gasteiger partial charge in [-0.15, -0.1) is 0 Å². The summed E-state index contributed by atoms with van der Waals surface area (Å²) in [5, 5.41) is 3.43. The van der Waals surface area contributed by atoms with Gasteiger partial charge in [0.15, 0.2) is 0 Å². The summed E-state index contributed by atoms with van der Waals surface area (Å²) in [5.41, 5.74) is 0. The summed E-state index contributed by atoms with van der Waals surface area (Å²) < 4.78 is 10.4. The average Bonchev–Trinajstić information content (AvgIpc) is 2.25. The molecule has 0 aliphatic carbocycles. The Balaban J connectivity index is 3.02. The third-order valence-electron chi connectivity index (χ3n) is 1.95. The molecule has 1 unspecified atom stereocenters. The van der Waals surface area contributed by atoms with Gasteiger partial charge in [-0.1, -0.05) is 6.92 Å². The molecule has 1 atom stereocenters. The Bertz CT molecular complexity index is 125. The zero-order valence-corrected chi connectivity index (χ0v) is 11.1. The number of ether oxygens (including phenoxy) is 2. The second-order valence-electron chi connectivity index (χ2n) is 3.47. The largest absolute Gasteiger partial charge is 0.385 e. The predicted molar refractivity (Wildman–Crippen MR) is 67.8 cm³/mol. The van der Waals surface area contributed by atoms with Crippen LogP contribution in [0.3, 0.4) is 0 Å². The maximum absolute atomic E-state index is 5.44. The molecule has 4 heteroatoms. The van der Waals surface area contributed by atoms with Crippen molar-refractivity contribution >= 4 is 11.8 Å². The molecule has 3 nitrogen and oxygen atoms in total. The fourth-order valence-corrected chi connectivity index (χ4v) is 1.85. The van der Waals surface area contributed by atoms with Crippen LogP contribution in [0.2, 0.25) is 0 Å². The van der Waals surface area contributed by atoms with Gasteiger partial charge in [-0.2, -0.15) is 11.8 Å². The zero-order chi connectivity index (χ0) is 11.4. The van der Waals surface area contributed by atoms with Crippen LogP contribution in [0.4, 0.5) is 0 Å². The predicted octanol–water partition coefficient (Wildman–Crippen LogP) is 1.77. The minimum Gasteiger partial charge on any atom is -0.385 e. The van der Waals surface area contributed by atoms with Gasteiger partial charge in [0.05, 0.1) is 6.61 Å². The normalized spacial score (nSPS) is 13.0. The monoisotopic (exact) mass is 235 g/mol. The van der Waals surface area contributed by atoms with Crippen molar-refractivity contribution in [2.75, 3.05) is 45.0 Å². The van der Waals surface area contributed by atoms with E-state index in [0.717, 1.165) is 32.8 Å². The van der Waals surface area contributed by atoms with Crippen molar-refractivity contribution in [1.82, 2.24) is 5.32 Å². The van der Waals surface area contributed by atoms with E-state index in [1.54, 1.807) is 7.11 Å². The van der Waals surface area contributed by atoms with E-state index < -0.39 is 0 Å². The Morgan fingerprint density at radius 2 is 2.07 bits per heavy atom. The third-order valence-corrected chi connectivity index (χ3v) is 3.09. The number of nitrogens with one attached hydrogen (secondary N) is 1. The summed E-state index contributed by atoms with van der Waals surface area (Å²) in [4.78, 5) is 0. The van der Waals surface area contributed by atoms with E-state index >= 15 is 0 Å². The van der Waals surface area contributed by atoms with Crippen LogP contribution in [0.1, 0.15) is 20.3 Å². The Morgan fingerprint density at radius 1 is 1.27 bits per heavy atom. The highest BCUT2D eigenvalue weighted by Gasteiger charge is 1.99. The molecule has 0 radical (unpaired) electrons. The van der Waals surface area contributed by atoms with Gasteiger partial charge in [0.2, 0.25) is 0 Å². The third kappa shape index (κ3) is 12.2. The van der Waals surface area contributed by atoms with Gasteiger partial charge in [0.25, 0.3) is 0 Å². The molecule has 0 saturated heterocycles. The molecule has 0 amide bonds. The van der Waals surface area contributed by atoms with E-state index in [-0.39, 0.29) is 0 Å². The Morgan fingerprint density at radius 3 is 2.73 bits per heavy atom. The lowest BCUT2D eigenvalue weighted by Crippen LogP contribution is -2.31. The molecule has 0 saturated carbocycles. The van der Waals surface area contributed by atoms with E-state index in [0.29, 0.717) is 6.04 Å². The topological polar surface area (TPSA) is 30.5 Å². The minimum atomic E-state index is 0.581. The fourth-order valence-electron chi connectivity index (χ4n) is 1.14. The molecule has 1 N–H and O–H groups in total. The maximum atomic E-state index is 5.44. The van der Waals surface area contributed by atoms with Gasteiger partial charge in [-0.05, 0) is 19.1 Å². The molecule has 0 aliphatic rings. The van der Waals surface area contributed by atoms with Crippen molar-refractivity contribution in [1.29, 1.82) is 0 Å². The Hall–Kier alpha value is 0.230. The van der Waals surface area contributed by atoms with E-state index in [9.17, 15) is 0 Å². The molecular weight excluding hydrogens is 210 g/mol. The summed E-state index contributed by atoms with van der Waals surface area (Å²) in [6, 6.07) is 0.581. The van der Waals surface area contributed by atoms with Crippen molar-refractivity contribution in [3.8, 4) is 0 Å². The van der Waals surface area contributed by atoms with Gasteiger partial charge < -0.3 is 14.8 Å². The summed E-state index contributed by atoms with van der Waals surface area (Å²) in [5.74, 6) is 2.37. The highest BCUT2D eigenvalue weighted by molar-refractivity contribution is 7.99. The van der Waals surface area contributed by atoms with E-state index in [4.69, 9.17) is 9.47 Å². The smallest absolute Gasteiger partial charge is 0.0591 e. The summed E-state index contributed by atoms with van der Waals surface area (Å²) in [7, 11) is 1.72. The van der Waals surface area contributed by atoms with E-state index in [1.165, 1.54) is 11.5 Å². The first-order valence-corrected chi connectivity index (χ1v) is 6.84. The maximum Gasteiger partial charge on any atom is 0.0591 e. The lowest BCUT2D eigenvalue weighted by atomic mass is 10.4. The lowest BCUT2D eigenvalue weighted by molar-refractivity contribution is 0.103. The average molecular weight is 235 g/mol. The first-order chi connectivity index (χ1) is 7.31. The highest BCUT2D eigenvalue weighted by Crippen LogP contribution is 2.00. The number of hydrogen-bond donors (Lipinski definition) is 1. The highest BCUT2D eigenvalue weighted by atomic mass is 32.2. The van der Waals surface area contributed by atoms with Crippen molar-refractivity contribution < 1.29 is 9.47 Å². The second kappa shape index (κ2) is 12.3. The van der Waals surface area contributed by atoms with Crippen LogP contribution in [0.15, 0.2) is 0 Å². The SMILES string of the molecule is CCSCC(C)NCCOCCCOC. The molecular formula is C11H25NO2S. The molecule has 0 rings (SSSR count). The van der Waals surface area contributed by atoms with Crippen LogP contribution in [0.5, 0.6) is 0 Å². The molecule has 0 spiro atoms. The first kappa shape index (κ1) is 15.2. The van der Waals surface area contributed by atoms with Crippen LogP contribution in [0, 0.1) is 0 Å². The molecule has 0 fully saturated rings. The second-order valence-corrected chi connectivity index (χ2v) is 4.79. The lowest BCUT2D eigenvalue weighted by Gasteiger charge is -2.12. The standard InChI is InChI=1S/C11H25NO2S/c1-4-15-10-11(2)12-6-9-14-8-5-7-13-3/h11-12H,4-10H2,1-3H3. The number of rotatable bonds is 11. The van der Waals surface area contributed by atoms with E-state index in [1.807, 2.05) is 11.8 Å². The van der Waals surface area contributed by atoms with Crippen molar-refractivity contribution in [2.24, 2.45) is 0 Å². The van der Waals surface area contributed by atoms with Gasteiger partial charge in [-0.25, -0.2) is 0 Å². The summed E-state index contributed by atoms with van der Waals surface area (Å²) >= 11 is 1.97. The Kier molecular flexibility index (Phi) is 12.5. The summed E-state index contributed by atoms with van der Waals surface area (Å²) in [6.07, 6.45) is 0.984. The number of hydrogen-bond acceptors (Lipinski definition) is 4. The molecule has 0 bridgehead atoms. The van der Waals surface area contributed by atoms with E-state index in [2.05, 4.69) is 19.2 Å². The Labute approximate surface area is 98.3 Å². The van der Waals surface area contributed by atoms with Crippen LogP contribution in [-0.4, -0.2) is 51.0 Å². The first-order valence-electron chi connectivity index (χ1n) is 5.69. The van der Waals surface area contributed by atoms with Crippen molar-refractivity contribution in [3.05, 3.63) is 0 Å². The minimum absolute atomic E-state index is 0.581. The van der Waals surface area contributed by atoms with Crippen molar-refractivity contribution in [3.63, 3.8) is 0 Å². The van der Waals surface area contributed by atoms with Crippen molar-refractivity contribution in [2.45, 2.75) is 26.3 Å². The van der Waals surface area contributed by atoms with Gasteiger partial charge in [-0.3, -0.25) is 0 Å². The summed E-state index contributed by atoms with van der Waals surface area (Å²) in [6.45, 7) is 7.73. The molecule has 15 heavy (non-hydrogen) atoms. The molecule has 0 aromatic heterocycles.